The summed E-state index contributed by atoms with van der Waals surface area (Å²) < 4.78 is 0. The lowest BCUT2D eigenvalue weighted by Crippen LogP contribution is -2.46. The van der Waals surface area contributed by atoms with Gasteiger partial charge in [-0.25, -0.2) is 0 Å². The number of anilines is 1. The molecule has 0 bridgehead atoms. The molecule has 0 spiro atoms. The van der Waals surface area contributed by atoms with E-state index in [2.05, 4.69) is 44.2 Å². The molecule has 1 heterocycles. The zero-order chi connectivity index (χ0) is 19.9. The van der Waals surface area contributed by atoms with Gasteiger partial charge in [0.15, 0.2) is 0 Å². The average Bonchev–Trinajstić information content (AvgIpc) is 2.71. The second-order valence-corrected chi connectivity index (χ2v) is 7.51. The molecule has 1 saturated heterocycles. The molecule has 0 atom stereocenters. The van der Waals surface area contributed by atoms with Crippen molar-refractivity contribution in [3.05, 3.63) is 40.4 Å². The van der Waals surface area contributed by atoms with Crippen LogP contribution in [-0.4, -0.2) is 67.3 Å². The lowest BCUT2D eigenvalue weighted by atomic mass is 10.1. The number of piperazine rings is 1. The molecule has 1 N–H and O–H groups in total. The molecular weight excluding hydrogens is 356 g/mol. The number of nitrogens with one attached hydrogen (secondary N) is 1. The first-order valence-electron chi connectivity index (χ1n) is 10.7. The fourth-order valence-corrected chi connectivity index (χ4v) is 3.59. The van der Waals surface area contributed by atoms with Crippen LogP contribution in [0.25, 0.3) is 0 Å². The Kier molecular flexibility index (Phi) is 11.4. The van der Waals surface area contributed by atoms with E-state index in [-0.39, 0.29) is 6.61 Å². The van der Waals surface area contributed by atoms with Gasteiger partial charge in [-0.3, -0.25) is 0 Å². The van der Waals surface area contributed by atoms with Gasteiger partial charge in [-0.2, -0.15) is 0 Å². The van der Waals surface area contributed by atoms with Crippen molar-refractivity contribution in [2.24, 2.45) is 0 Å². The van der Waals surface area contributed by atoms with Crippen molar-refractivity contribution in [1.82, 2.24) is 9.80 Å². The van der Waals surface area contributed by atoms with Crippen LogP contribution < -0.4 is 5.32 Å². The summed E-state index contributed by atoms with van der Waals surface area (Å²) in [6.45, 7) is 8.39. The summed E-state index contributed by atoms with van der Waals surface area (Å²) in [6.07, 6.45) is 7.81. The Morgan fingerprint density at radius 3 is 2.07 bits per heavy atom. The van der Waals surface area contributed by atoms with Gasteiger partial charge in [-0.05, 0) is 50.9 Å². The Bertz CT molecular complexity index is 522. The number of nitrogens with zero attached hydrogens (tertiary/aromatic N) is 3. The fraction of sp³-hybridized carbons (Fsp3) is 0.714. The molecule has 0 saturated carbocycles. The second-order valence-electron chi connectivity index (χ2n) is 7.51. The van der Waals surface area contributed by atoms with Crippen molar-refractivity contribution < 1.29 is 9.92 Å². The van der Waals surface area contributed by atoms with Crippen LogP contribution in [0.3, 0.4) is 0 Å². The molecule has 0 aliphatic carbocycles. The maximum atomic E-state index is 10.0. The Morgan fingerprint density at radius 1 is 0.857 bits per heavy atom. The summed E-state index contributed by atoms with van der Waals surface area (Å²) in [5.41, 5.74) is 1.21. The standard InChI is InChI=1S/C21H36N4O3/c26-25(27)28-20-10-3-1-2-8-14-23-16-18-24(19-17-23)15-9-7-13-22-21-11-5-4-6-12-21/h4-6,11-12,22H,1-3,7-10,13-20H2. The van der Waals surface area contributed by atoms with Gasteiger partial charge in [-0.1, -0.05) is 37.5 Å². The Balaban J connectivity index is 1.38. The highest BCUT2D eigenvalue weighted by atomic mass is 16.9. The van der Waals surface area contributed by atoms with E-state index < -0.39 is 5.09 Å². The highest BCUT2D eigenvalue weighted by Crippen LogP contribution is 2.09. The smallest absolute Gasteiger partial charge is 0.294 e. The summed E-state index contributed by atoms with van der Waals surface area (Å²) in [7, 11) is 0. The van der Waals surface area contributed by atoms with Crippen molar-refractivity contribution in [3.8, 4) is 0 Å². The summed E-state index contributed by atoms with van der Waals surface area (Å²) in [5, 5.41) is 12.8. The van der Waals surface area contributed by atoms with Crippen LogP contribution in [0.1, 0.15) is 44.9 Å². The van der Waals surface area contributed by atoms with Gasteiger partial charge in [0.1, 0.15) is 0 Å². The van der Waals surface area contributed by atoms with Crippen LogP contribution in [0.4, 0.5) is 5.69 Å². The van der Waals surface area contributed by atoms with Gasteiger partial charge in [0.25, 0.3) is 5.09 Å². The van der Waals surface area contributed by atoms with Crippen LogP contribution in [0.2, 0.25) is 0 Å². The van der Waals surface area contributed by atoms with Gasteiger partial charge in [0.2, 0.25) is 0 Å². The van der Waals surface area contributed by atoms with Crippen molar-refractivity contribution in [1.29, 1.82) is 0 Å². The quantitative estimate of drug-likeness (QED) is 0.279. The lowest BCUT2D eigenvalue weighted by molar-refractivity contribution is -0.757. The van der Waals surface area contributed by atoms with Crippen molar-refractivity contribution in [2.75, 3.05) is 57.7 Å². The monoisotopic (exact) mass is 392 g/mol. The minimum Gasteiger partial charge on any atom is -0.385 e. The molecule has 0 radical (unpaired) electrons. The van der Waals surface area contributed by atoms with Crippen LogP contribution in [0.5, 0.6) is 0 Å². The topological polar surface area (TPSA) is 70.9 Å². The molecule has 1 aliphatic rings. The Labute approximate surface area is 169 Å². The number of hydrogen-bond acceptors (Lipinski definition) is 6. The van der Waals surface area contributed by atoms with Crippen molar-refractivity contribution >= 4 is 5.69 Å². The van der Waals surface area contributed by atoms with E-state index in [0.717, 1.165) is 25.8 Å². The van der Waals surface area contributed by atoms with E-state index in [0.29, 0.717) is 0 Å². The SMILES string of the molecule is O=[N+]([O-])OCCCCCCCN1CCN(CCCCNc2ccccc2)CC1. The molecular formula is C21H36N4O3. The third kappa shape index (κ3) is 10.5. The molecule has 1 aliphatic heterocycles. The number of rotatable bonds is 15. The second kappa shape index (κ2) is 14.2. The molecule has 0 unspecified atom stereocenters. The third-order valence-corrected chi connectivity index (χ3v) is 5.28. The first kappa shape index (κ1) is 22.4. The first-order valence-corrected chi connectivity index (χ1v) is 10.7. The minimum atomic E-state index is -0.707. The van der Waals surface area contributed by atoms with Crippen LogP contribution in [0, 0.1) is 10.1 Å². The molecule has 0 amide bonds. The molecule has 158 valence electrons. The number of para-hydroxylation sites is 1. The van der Waals surface area contributed by atoms with Gasteiger partial charge in [0, 0.05) is 38.4 Å². The van der Waals surface area contributed by atoms with E-state index in [1.807, 2.05) is 6.07 Å². The van der Waals surface area contributed by atoms with Crippen LogP contribution >= 0.6 is 0 Å². The number of unbranched alkanes of at least 4 members (excludes halogenated alkanes) is 5. The Morgan fingerprint density at radius 2 is 1.43 bits per heavy atom. The van der Waals surface area contributed by atoms with E-state index in [9.17, 15) is 10.1 Å². The largest absolute Gasteiger partial charge is 0.385 e. The summed E-state index contributed by atoms with van der Waals surface area (Å²) >= 11 is 0. The van der Waals surface area contributed by atoms with E-state index in [1.165, 1.54) is 70.6 Å². The van der Waals surface area contributed by atoms with Crippen molar-refractivity contribution in [2.45, 2.75) is 44.9 Å². The highest BCUT2D eigenvalue weighted by molar-refractivity contribution is 5.42. The highest BCUT2D eigenvalue weighted by Gasteiger charge is 2.15. The predicted molar refractivity (Wildman–Crippen MR) is 113 cm³/mol. The van der Waals surface area contributed by atoms with Crippen LogP contribution in [0.15, 0.2) is 30.3 Å². The molecule has 2 rings (SSSR count). The number of hydrogen-bond donors (Lipinski definition) is 1. The van der Waals surface area contributed by atoms with Gasteiger partial charge >= 0.3 is 0 Å². The van der Waals surface area contributed by atoms with E-state index in [4.69, 9.17) is 0 Å². The molecule has 7 heteroatoms. The van der Waals surface area contributed by atoms with E-state index in [1.54, 1.807) is 0 Å². The Hall–Kier alpha value is -1.86. The van der Waals surface area contributed by atoms with Crippen LogP contribution in [-0.2, 0) is 4.84 Å². The normalized spacial score (nSPS) is 15.4. The molecule has 28 heavy (non-hydrogen) atoms. The third-order valence-electron chi connectivity index (χ3n) is 5.28. The maximum Gasteiger partial charge on any atom is 0.294 e. The first-order chi connectivity index (χ1) is 13.7. The summed E-state index contributed by atoms with van der Waals surface area (Å²) in [4.78, 5) is 19.5. The van der Waals surface area contributed by atoms with E-state index >= 15 is 0 Å². The summed E-state index contributed by atoms with van der Waals surface area (Å²) in [6, 6.07) is 10.4. The summed E-state index contributed by atoms with van der Waals surface area (Å²) in [5.74, 6) is 0. The maximum absolute atomic E-state index is 10.0. The minimum absolute atomic E-state index is 0.233. The molecule has 0 aromatic heterocycles. The average molecular weight is 393 g/mol. The van der Waals surface area contributed by atoms with Gasteiger partial charge < -0.3 is 20.0 Å². The predicted octanol–water partition coefficient (Wildman–Crippen LogP) is 3.66. The molecule has 1 aromatic rings. The fourth-order valence-electron chi connectivity index (χ4n) is 3.59. The van der Waals surface area contributed by atoms with Gasteiger partial charge in [-0.15, -0.1) is 10.1 Å². The lowest BCUT2D eigenvalue weighted by Gasteiger charge is -2.34. The molecule has 1 aromatic carbocycles. The zero-order valence-electron chi connectivity index (χ0n) is 17.1. The number of benzene rings is 1. The molecule has 1 fully saturated rings. The molecule has 7 nitrogen and oxygen atoms in total. The zero-order valence-corrected chi connectivity index (χ0v) is 17.1. The van der Waals surface area contributed by atoms with Gasteiger partial charge in [0.05, 0.1) is 6.61 Å². The van der Waals surface area contributed by atoms with Crippen molar-refractivity contribution in [3.63, 3.8) is 0 Å².